The first-order valence-corrected chi connectivity index (χ1v) is 9.06. The molecule has 0 aliphatic rings. The van der Waals surface area contributed by atoms with Gasteiger partial charge in [0.15, 0.2) is 11.8 Å². The Bertz CT molecular complexity index is 881. The summed E-state index contributed by atoms with van der Waals surface area (Å²) in [6.07, 6.45) is 1.51. The summed E-state index contributed by atoms with van der Waals surface area (Å²) < 4.78 is 1.10. The molecule has 0 aliphatic heterocycles. The third-order valence-corrected chi connectivity index (χ3v) is 4.78. The van der Waals surface area contributed by atoms with Crippen molar-refractivity contribution in [3.8, 4) is 11.4 Å². The molecule has 8 heteroatoms. The van der Waals surface area contributed by atoms with Crippen molar-refractivity contribution in [1.82, 2.24) is 25.4 Å². The molecule has 0 atom stereocenters. The van der Waals surface area contributed by atoms with Crippen molar-refractivity contribution < 1.29 is 0 Å². The smallest absolute Gasteiger partial charge is 0.193 e. The summed E-state index contributed by atoms with van der Waals surface area (Å²) >= 11 is 3.60. The van der Waals surface area contributed by atoms with Crippen molar-refractivity contribution in [2.45, 2.75) is 13.1 Å². The Hall–Kier alpha value is -1.94. The summed E-state index contributed by atoms with van der Waals surface area (Å²) in [5, 5.41) is 10.2. The predicted octanol–water partition coefficient (Wildman–Crippen LogP) is 4.06. The highest BCUT2D eigenvalue weighted by molar-refractivity contribution is 14.0. The number of benzene rings is 2. The number of guanidine groups is 1. The molecule has 27 heavy (non-hydrogen) atoms. The van der Waals surface area contributed by atoms with E-state index in [0.717, 1.165) is 33.9 Å². The van der Waals surface area contributed by atoms with Crippen molar-refractivity contribution in [3.63, 3.8) is 0 Å². The molecule has 6 nitrogen and oxygen atoms in total. The molecule has 1 heterocycles. The van der Waals surface area contributed by atoms with Crippen LogP contribution in [0, 0.1) is 0 Å². The van der Waals surface area contributed by atoms with E-state index in [9.17, 15) is 0 Å². The van der Waals surface area contributed by atoms with E-state index in [1.54, 1.807) is 7.05 Å². The van der Waals surface area contributed by atoms with E-state index in [4.69, 9.17) is 0 Å². The number of aliphatic imine (C=N–C) groups is 1. The molecule has 0 unspecified atom stereocenters. The highest BCUT2D eigenvalue weighted by Gasteiger charge is 2.09. The van der Waals surface area contributed by atoms with Gasteiger partial charge in [0.1, 0.15) is 6.33 Å². The van der Waals surface area contributed by atoms with Crippen LogP contribution >= 0.6 is 39.9 Å². The maximum Gasteiger partial charge on any atom is 0.193 e. The lowest BCUT2D eigenvalue weighted by atomic mass is 10.1. The summed E-state index contributed by atoms with van der Waals surface area (Å²) in [6.45, 7) is 1.44. The summed E-state index contributed by atoms with van der Waals surface area (Å²) in [7, 11) is 3.82. The first-order chi connectivity index (χ1) is 12.7. The van der Waals surface area contributed by atoms with Gasteiger partial charge in [0.05, 0.1) is 0 Å². The van der Waals surface area contributed by atoms with Gasteiger partial charge in [0.25, 0.3) is 0 Å². The molecule has 142 valence electrons. The molecule has 0 saturated heterocycles. The van der Waals surface area contributed by atoms with Crippen LogP contribution in [0.3, 0.4) is 0 Å². The van der Waals surface area contributed by atoms with Crippen molar-refractivity contribution >= 4 is 45.9 Å². The van der Waals surface area contributed by atoms with Crippen LogP contribution in [0.25, 0.3) is 11.4 Å². The normalized spacial score (nSPS) is 11.0. The second-order valence-corrected chi connectivity index (χ2v) is 6.74. The molecular formula is C19H22BrIN6. The quantitative estimate of drug-likeness (QED) is 0.291. The molecule has 3 rings (SSSR count). The van der Waals surface area contributed by atoms with Crippen LogP contribution in [0.5, 0.6) is 0 Å². The summed E-state index contributed by atoms with van der Waals surface area (Å²) in [5.41, 5.74) is 3.37. The number of aromatic amines is 1. The highest BCUT2D eigenvalue weighted by atomic mass is 127. The van der Waals surface area contributed by atoms with Crippen LogP contribution in [0.1, 0.15) is 11.1 Å². The van der Waals surface area contributed by atoms with Gasteiger partial charge in [0, 0.05) is 37.2 Å². The van der Waals surface area contributed by atoms with Crippen LogP contribution in [-0.2, 0) is 13.1 Å². The number of nitrogens with zero attached hydrogens (tertiary/aromatic N) is 4. The van der Waals surface area contributed by atoms with Crippen LogP contribution in [0.2, 0.25) is 0 Å². The van der Waals surface area contributed by atoms with E-state index in [1.807, 2.05) is 37.4 Å². The van der Waals surface area contributed by atoms with Gasteiger partial charge in [-0.15, -0.1) is 24.0 Å². The third kappa shape index (κ3) is 5.77. The molecule has 3 aromatic rings. The summed E-state index contributed by atoms with van der Waals surface area (Å²) in [5.74, 6) is 1.60. The van der Waals surface area contributed by atoms with Crippen LogP contribution in [-0.4, -0.2) is 40.1 Å². The van der Waals surface area contributed by atoms with Gasteiger partial charge in [-0.25, -0.2) is 4.98 Å². The first kappa shape index (κ1) is 21.4. The second-order valence-electron chi connectivity index (χ2n) is 5.88. The van der Waals surface area contributed by atoms with E-state index in [-0.39, 0.29) is 24.0 Å². The molecule has 0 spiro atoms. The zero-order chi connectivity index (χ0) is 18.4. The van der Waals surface area contributed by atoms with Crippen molar-refractivity contribution in [3.05, 3.63) is 70.5 Å². The average molecular weight is 541 g/mol. The first-order valence-electron chi connectivity index (χ1n) is 8.27. The second kappa shape index (κ2) is 10.4. The van der Waals surface area contributed by atoms with E-state index in [2.05, 4.69) is 64.5 Å². The Morgan fingerprint density at radius 3 is 2.74 bits per heavy atom. The largest absolute Gasteiger partial charge is 0.352 e. The molecule has 0 aliphatic carbocycles. The number of H-pyrrole nitrogens is 1. The minimum atomic E-state index is 0. The van der Waals surface area contributed by atoms with Gasteiger partial charge >= 0.3 is 0 Å². The fraction of sp³-hybridized carbons (Fsp3) is 0.211. The van der Waals surface area contributed by atoms with Crippen molar-refractivity contribution in [2.24, 2.45) is 4.99 Å². The zero-order valence-electron chi connectivity index (χ0n) is 15.2. The van der Waals surface area contributed by atoms with E-state index < -0.39 is 0 Å². The molecule has 0 fully saturated rings. The number of nitrogens with one attached hydrogen (secondary N) is 2. The maximum atomic E-state index is 4.39. The molecule has 0 amide bonds. The molecule has 2 aromatic carbocycles. The number of aromatic nitrogens is 3. The van der Waals surface area contributed by atoms with Gasteiger partial charge in [0.2, 0.25) is 0 Å². The van der Waals surface area contributed by atoms with Crippen molar-refractivity contribution in [1.29, 1.82) is 0 Å². The Labute approximate surface area is 184 Å². The van der Waals surface area contributed by atoms with Crippen LogP contribution in [0.4, 0.5) is 0 Å². The molecule has 1 aromatic heterocycles. The highest BCUT2D eigenvalue weighted by Crippen LogP contribution is 2.18. The Morgan fingerprint density at radius 1 is 1.22 bits per heavy atom. The Morgan fingerprint density at radius 2 is 2.04 bits per heavy atom. The fourth-order valence-electron chi connectivity index (χ4n) is 2.70. The Balaban J connectivity index is 0.00000261. The van der Waals surface area contributed by atoms with Crippen LogP contribution < -0.4 is 5.32 Å². The molecule has 2 N–H and O–H groups in total. The van der Waals surface area contributed by atoms with Gasteiger partial charge < -0.3 is 10.2 Å². The number of halogens is 2. The van der Waals surface area contributed by atoms with Gasteiger partial charge in [-0.1, -0.05) is 52.3 Å². The standard InChI is InChI=1S/C19H21BrN6.HI/c1-21-19(26(2)12-16-7-3-4-9-17(16)20)22-11-14-6-5-8-15(10-14)18-23-13-24-25-18;/h3-10,13H,11-12H2,1-2H3,(H,21,22)(H,23,24,25);1H. The SMILES string of the molecule is CN=C(NCc1cccc(-c2ncn[nH]2)c1)N(C)Cc1ccccc1Br.I. The van der Waals surface area contributed by atoms with E-state index >= 15 is 0 Å². The fourth-order valence-corrected chi connectivity index (χ4v) is 3.11. The van der Waals surface area contributed by atoms with Gasteiger partial charge in [-0.2, -0.15) is 5.10 Å². The summed E-state index contributed by atoms with van der Waals surface area (Å²) in [6, 6.07) is 16.4. The summed E-state index contributed by atoms with van der Waals surface area (Å²) in [4.78, 5) is 10.7. The monoisotopic (exact) mass is 540 g/mol. The van der Waals surface area contributed by atoms with Gasteiger partial charge in [-0.05, 0) is 23.3 Å². The lowest BCUT2D eigenvalue weighted by Gasteiger charge is -2.23. The van der Waals surface area contributed by atoms with E-state index in [0.29, 0.717) is 6.54 Å². The molecule has 0 radical (unpaired) electrons. The van der Waals surface area contributed by atoms with Crippen molar-refractivity contribution in [2.75, 3.05) is 14.1 Å². The minimum absolute atomic E-state index is 0. The molecular weight excluding hydrogens is 519 g/mol. The maximum absolute atomic E-state index is 4.39. The number of rotatable bonds is 5. The lowest BCUT2D eigenvalue weighted by molar-refractivity contribution is 0.475. The average Bonchev–Trinajstić information content (AvgIpc) is 3.19. The van der Waals surface area contributed by atoms with E-state index in [1.165, 1.54) is 11.9 Å². The molecule has 0 bridgehead atoms. The number of hydrogen-bond donors (Lipinski definition) is 2. The number of hydrogen-bond acceptors (Lipinski definition) is 3. The third-order valence-electron chi connectivity index (χ3n) is 4.00. The Kier molecular flexibility index (Phi) is 8.23. The topological polar surface area (TPSA) is 69.2 Å². The zero-order valence-corrected chi connectivity index (χ0v) is 19.1. The van der Waals surface area contributed by atoms with Crippen LogP contribution in [0.15, 0.2) is 64.3 Å². The lowest BCUT2D eigenvalue weighted by Crippen LogP contribution is -2.38. The van der Waals surface area contributed by atoms with Gasteiger partial charge in [-0.3, -0.25) is 10.1 Å². The minimum Gasteiger partial charge on any atom is -0.352 e. The predicted molar refractivity (Wildman–Crippen MR) is 123 cm³/mol. The molecule has 0 saturated carbocycles.